The highest BCUT2D eigenvalue weighted by atomic mass is 79.9. The maximum atomic E-state index is 12.1. The van der Waals surface area contributed by atoms with E-state index in [4.69, 9.17) is 9.47 Å². The van der Waals surface area contributed by atoms with Gasteiger partial charge in [0.1, 0.15) is 6.61 Å². The molecule has 2 rings (SSSR count). The first kappa shape index (κ1) is 19.7. The predicted molar refractivity (Wildman–Crippen MR) is 98.9 cm³/mol. The minimum Gasteiger partial charge on any atom is -0.463 e. The first-order valence-electron chi connectivity index (χ1n) is 7.98. The van der Waals surface area contributed by atoms with Crippen LogP contribution in [-0.4, -0.2) is 37.2 Å². The monoisotopic (exact) mass is 422 g/mol. The van der Waals surface area contributed by atoms with Crippen LogP contribution in [0.2, 0.25) is 0 Å². The predicted octanol–water partition coefficient (Wildman–Crippen LogP) is 2.52. The Bertz CT molecular complexity index is 773. The van der Waals surface area contributed by atoms with Crippen molar-refractivity contribution in [2.45, 2.75) is 19.9 Å². The zero-order chi connectivity index (χ0) is 19.1. The Morgan fingerprint density at radius 3 is 2.77 bits per heavy atom. The maximum absolute atomic E-state index is 12.1. The number of urea groups is 1. The van der Waals surface area contributed by atoms with E-state index in [1.54, 1.807) is 19.9 Å². The largest absolute Gasteiger partial charge is 0.463 e. The molecule has 1 heterocycles. The summed E-state index contributed by atoms with van der Waals surface area (Å²) in [5.41, 5.74) is 1.27. The fourth-order valence-corrected chi connectivity index (χ4v) is 2.78. The van der Waals surface area contributed by atoms with Crippen LogP contribution in [0.1, 0.15) is 19.4 Å². The van der Waals surface area contributed by atoms with Gasteiger partial charge in [0, 0.05) is 10.5 Å². The van der Waals surface area contributed by atoms with Crippen LogP contribution < -0.4 is 10.6 Å². The number of halogens is 1. The number of carbonyl (C=O) groups excluding carboxylic acids is 3. The van der Waals surface area contributed by atoms with E-state index in [0.29, 0.717) is 0 Å². The Labute approximate surface area is 159 Å². The van der Waals surface area contributed by atoms with Crippen LogP contribution in [0, 0.1) is 0 Å². The van der Waals surface area contributed by atoms with Crippen LogP contribution in [0.25, 0.3) is 6.08 Å². The molecule has 1 aromatic carbocycles. The molecule has 0 aliphatic carbocycles. The summed E-state index contributed by atoms with van der Waals surface area (Å²) >= 11 is 3.35. The third kappa shape index (κ3) is 5.45. The highest BCUT2D eigenvalue weighted by molar-refractivity contribution is 9.10. The number of carbonyl (C=O) groups is 3. The maximum Gasteiger partial charge on any atom is 0.338 e. The molecular weight excluding hydrogens is 404 g/mol. The molecule has 0 radical (unpaired) electrons. The molecular formula is C18H19BrN2O5. The van der Waals surface area contributed by atoms with Crippen LogP contribution in [-0.2, 0) is 19.1 Å². The van der Waals surface area contributed by atoms with Crippen molar-refractivity contribution < 1.29 is 23.9 Å². The minimum atomic E-state index is -0.596. The lowest BCUT2D eigenvalue weighted by atomic mass is 10.0. The van der Waals surface area contributed by atoms with E-state index >= 15 is 0 Å². The van der Waals surface area contributed by atoms with E-state index in [2.05, 4.69) is 26.6 Å². The van der Waals surface area contributed by atoms with Gasteiger partial charge in [-0.1, -0.05) is 28.1 Å². The average molecular weight is 423 g/mol. The van der Waals surface area contributed by atoms with Crippen molar-refractivity contribution >= 4 is 40.0 Å². The lowest BCUT2D eigenvalue weighted by molar-refractivity contribution is -0.140. The summed E-state index contributed by atoms with van der Waals surface area (Å²) in [6, 6.07) is 6.39. The van der Waals surface area contributed by atoms with Crippen molar-refractivity contribution in [2.75, 3.05) is 13.2 Å². The molecule has 8 heteroatoms. The molecule has 26 heavy (non-hydrogen) atoms. The van der Waals surface area contributed by atoms with Gasteiger partial charge in [-0.25, -0.2) is 14.4 Å². The summed E-state index contributed by atoms with van der Waals surface area (Å²) in [6.07, 6.45) is 2.88. The molecule has 1 aliphatic heterocycles. The number of hydrogen-bond donors (Lipinski definition) is 2. The summed E-state index contributed by atoms with van der Waals surface area (Å²) in [6.45, 7) is 3.30. The molecule has 0 aromatic heterocycles. The number of hydrogen-bond acceptors (Lipinski definition) is 5. The van der Waals surface area contributed by atoms with Crippen molar-refractivity contribution in [1.82, 2.24) is 10.6 Å². The topological polar surface area (TPSA) is 93.7 Å². The average Bonchev–Trinajstić information content (AvgIpc) is 2.57. The Morgan fingerprint density at radius 1 is 1.31 bits per heavy atom. The Balaban J connectivity index is 2.06. The van der Waals surface area contributed by atoms with Gasteiger partial charge in [0.2, 0.25) is 0 Å². The molecule has 2 amide bonds. The normalized spacial score (nSPS) is 16.9. The number of nitrogens with one attached hydrogen (secondary N) is 2. The fraction of sp³-hybridized carbons (Fsp3) is 0.278. The molecule has 1 atom stereocenters. The second-order valence-corrected chi connectivity index (χ2v) is 6.34. The lowest BCUT2D eigenvalue weighted by Gasteiger charge is -2.26. The van der Waals surface area contributed by atoms with Crippen LogP contribution >= 0.6 is 15.9 Å². The molecule has 138 valence electrons. The first-order valence-corrected chi connectivity index (χ1v) is 8.78. The van der Waals surface area contributed by atoms with Gasteiger partial charge in [-0.3, -0.25) is 0 Å². The molecule has 1 unspecified atom stereocenters. The quantitative estimate of drug-likeness (QED) is 0.542. The second kappa shape index (κ2) is 9.19. The number of esters is 2. The number of amides is 2. The van der Waals surface area contributed by atoms with E-state index in [1.165, 1.54) is 6.08 Å². The number of ether oxygens (including phenoxy) is 2. The standard InChI is InChI=1S/C18H19BrN2O5/c1-3-25-17(23)16-11(2)20-18(24)21-14(16)10-26-15(22)8-7-12-5-4-6-13(19)9-12/h4-9,11H,3,10H2,1-2H3,(H2,20,21,24)/b8-7+. The van der Waals surface area contributed by atoms with Gasteiger partial charge < -0.3 is 20.1 Å². The van der Waals surface area contributed by atoms with E-state index in [1.807, 2.05) is 24.3 Å². The number of rotatable bonds is 6. The molecule has 0 spiro atoms. The third-order valence-electron chi connectivity index (χ3n) is 3.48. The van der Waals surface area contributed by atoms with Crippen LogP contribution in [0.15, 0.2) is 46.1 Å². The van der Waals surface area contributed by atoms with Crippen LogP contribution in [0.4, 0.5) is 4.79 Å². The number of benzene rings is 1. The SMILES string of the molecule is CCOC(=O)C1=C(COC(=O)/C=C/c2cccc(Br)c2)NC(=O)NC1C. The van der Waals surface area contributed by atoms with Gasteiger partial charge in [-0.05, 0) is 37.6 Å². The Morgan fingerprint density at radius 2 is 2.08 bits per heavy atom. The third-order valence-corrected chi connectivity index (χ3v) is 3.98. The highest BCUT2D eigenvalue weighted by Gasteiger charge is 2.30. The van der Waals surface area contributed by atoms with E-state index < -0.39 is 24.0 Å². The van der Waals surface area contributed by atoms with Crippen molar-refractivity contribution in [3.05, 3.63) is 51.6 Å². The highest BCUT2D eigenvalue weighted by Crippen LogP contribution is 2.15. The molecule has 1 aliphatic rings. The van der Waals surface area contributed by atoms with Crippen LogP contribution in [0.5, 0.6) is 0 Å². The molecule has 0 saturated heterocycles. The van der Waals surface area contributed by atoms with E-state index in [9.17, 15) is 14.4 Å². The zero-order valence-corrected chi connectivity index (χ0v) is 16.0. The fourth-order valence-electron chi connectivity index (χ4n) is 2.36. The summed E-state index contributed by atoms with van der Waals surface area (Å²) < 4.78 is 11.0. The van der Waals surface area contributed by atoms with Gasteiger partial charge in [-0.2, -0.15) is 0 Å². The molecule has 0 saturated carbocycles. The molecule has 0 bridgehead atoms. The molecule has 7 nitrogen and oxygen atoms in total. The smallest absolute Gasteiger partial charge is 0.338 e. The Kier molecular flexibility index (Phi) is 6.97. The Hall–Kier alpha value is -2.61. The van der Waals surface area contributed by atoms with Crippen molar-refractivity contribution in [3.8, 4) is 0 Å². The molecule has 0 fully saturated rings. The molecule has 2 N–H and O–H groups in total. The first-order chi connectivity index (χ1) is 12.4. The van der Waals surface area contributed by atoms with Crippen molar-refractivity contribution in [1.29, 1.82) is 0 Å². The zero-order valence-electron chi connectivity index (χ0n) is 14.4. The summed E-state index contributed by atoms with van der Waals surface area (Å²) in [5.74, 6) is -1.16. The van der Waals surface area contributed by atoms with E-state index in [-0.39, 0.29) is 24.5 Å². The lowest BCUT2D eigenvalue weighted by Crippen LogP contribution is -2.50. The van der Waals surface area contributed by atoms with Gasteiger partial charge in [0.05, 0.1) is 23.9 Å². The van der Waals surface area contributed by atoms with Crippen molar-refractivity contribution in [3.63, 3.8) is 0 Å². The van der Waals surface area contributed by atoms with Gasteiger partial charge in [-0.15, -0.1) is 0 Å². The molecule has 1 aromatic rings. The summed E-state index contributed by atoms with van der Waals surface area (Å²) in [7, 11) is 0. The van der Waals surface area contributed by atoms with Crippen LogP contribution in [0.3, 0.4) is 0 Å². The van der Waals surface area contributed by atoms with Gasteiger partial charge in [0.25, 0.3) is 0 Å². The van der Waals surface area contributed by atoms with Gasteiger partial charge in [0.15, 0.2) is 0 Å². The summed E-state index contributed by atoms with van der Waals surface area (Å²) in [4.78, 5) is 35.6. The van der Waals surface area contributed by atoms with E-state index in [0.717, 1.165) is 10.0 Å². The minimum absolute atomic E-state index is 0.200. The van der Waals surface area contributed by atoms with Gasteiger partial charge >= 0.3 is 18.0 Å². The second-order valence-electron chi connectivity index (χ2n) is 5.43. The summed E-state index contributed by atoms with van der Waals surface area (Å²) in [5, 5.41) is 5.06. The van der Waals surface area contributed by atoms with Crippen molar-refractivity contribution in [2.24, 2.45) is 0 Å².